The van der Waals surface area contributed by atoms with Gasteiger partial charge in [0.25, 0.3) is 0 Å². The second kappa shape index (κ2) is 20.2. The van der Waals surface area contributed by atoms with Crippen LogP contribution in [-0.2, 0) is 24.0 Å². The predicted octanol–water partition coefficient (Wildman–Crippen LogP) is 8.32. The molecule has 4 aromatic carbocycles. The highest BCUT2D eigenvalue weighted by Crippen LogP contribution is 2.49. The molecular formula is C46H43ClFN6O7PS. The minimum Gasteiger partial charge on any atom is -0.491 e. The summed E-state index contributed by atoms with van der Waals surface area (Å²) in [5, 5.41) is 14.9. The Bertz CT molecular complexity index is 2700. The summed E-state index contributed by atoms with van der Waals surface area (Å²) in [6.07, 6.45) is 1.67. The molecule has 0 spiro atoms. The maximum atomic E-state index is 14.2. The number of rotatable bonds is 17. The fourth-order valence-corrected chi connectivity index (χ4v) is 9.25. The first-order valence-electron chi connectivity index (χ1n) is 20.2. The normalized spacial score (nSPS) is 13.6. The summed E-state index contributed by atoms with van der Waals surface area (Å²) < 4.78 is 33.0. The second-order valence-corrected chi connectivity index (χ2v) is 17.2. The Balaban J connectivity index is 1.06. The number of ether oxygens (including phenoxy) is 3. The monoisotopic (exact) mass is 908 g/mol. The van der Waals surface area contributed by atoms with E-state index in [-0.39, 0.29) is 30.9 Å². The Morgan fingerprint density at radius 3 is 2.46 bits per heavy atom. The van der Waals surface area contributed by atoms with Crippen molar-refractivity contribution in [3.8, 4) is 50.3 Å². The number of nitrogens with zero attached hydrogens (tertiary/aromatic N) is 5. The molecule has 0 radical (unpaired) electrons. The number of carbonyl (C=O) groups is 1. The van der Waals surface area contributed by atoms with Crippen molar-refractivity contribution >= 4 is 47.5 Å². The second-order valence-electron chi connectivity index (χ2n) is 14.8. The Kier molecular flexibility index (Phi) is 14.1. The van der Waals surface area contributed by atoms with E-state index in [1.54, 1.807) is 60.8 Å². The fourth-order valence-electron chi connectivity index (χ4n) is 7.34. The molecule has 17 heteroatoms. The Hall–Kier alpha value is -5.64. The van der Waals surface area contributed by atoms with Gasteiger partial charge in [0, 0.05) is 67.5 Å². The first-order chi connectivity index (χ1) is 30.6. The molecule has 4 heterocycles. The van der Waals surface area contributed by atoms with Gasteiger partial charge in [0.2, 0.25) is 12.0 Å². The summed E-state index contributed by atoms with van der Waals surface area (Å²) in [5.41, 5.74) is 5.57. The third-order valence-electron chi connectivity index (χ3n) is 10.6. The highest BCUT2D eigenvalue weighted by Gasteiger charge is 2.28. The zero-order valence-electron chi connectivity index (χ0n) is 34.1. The van der Waals surface area contributed by atoms with Crippen LogP contribution in [-0.4, -0.2) is 91.1 Å². The maximum absolute atomic E-state index is 14.2. The summed E-state index contributed by atoms with van der Waals surface area (Å²) in [6.45, 7) is 6.98. The lowest BCUT2D eigenvalue weighted by atomic mass is 9.96. The van der Waals surface area contributed by atoms with Crippen molar-refractivity contribution in [3.05, 3.63) is 137 Å². The number of carboxylic acid groups (broad SMARTS) is 1. The number of fused-ring (bicyclic) bond motifs is 1. The van der Waals surface area contributed by atoms with E-state index in [0.29, 0.717) is 56.0 Å². The lowest BCUT2D eigenvalue weighted by Crippen LogP contribution is -2.44. The van der Waals surface area contributed by atoms with Crippen LogP contribution in [0, 0.1) is 12.7 Å². The van der Waals surface area contributed by atoms with Gasteiger partial charge in [0.05, 0.1) is 16.1 Å². The summed E-state index contributed by atoms with van der Waals surface area (Å²) in [4.78, 5) is 53.5. The fraction of sp³-hybridized carbons (Fsp3) is 0.239. The molecule has 0 amide bonds. The number of aromatic nitrogens is 4. The van der Waals surface area contributed by atoms with E-state index in [1.807, 2.05) is 31.2 Å². The van der Waals surface area contributed by atoms with E-state index in [1.165, 1.54) is 29.8 Å². The van der Waals surface area contributed by atoms with Crippen LogP contribution < -0.4 is 19.5 Å². The maximum Gasteiger partial charge on any atom is 0.345 e. The van der Waals surface area contributed by atoms with E-state index in [2.05, 4.69) is 30.2 Å². The van der Waals surface area contributed by atoms with Crippen molar-refractivity contribution in [1.29, 1.82) is 0 Å². The van der Waals surface area contributed by atoms with Crippen molar-refractivity contribution in [3.63, 3.8) is 0 Å². The van der Waals surface area contributed by atoms with Crippen LogP contribution in [0.4, 0.5) is 4.39 Å². The van der Waals surface area contributed by atoms with Gasteiger partial charge in [-0.2, -0.15) is 0 Å². The largest absolute Gasteiger partial charge is 0.491 e. The number of thiophene rings is 1. The SMILES string of the molecule is Cc1c(-c2c(-c3ccc(F)cc3)sc3ncnc(OC(Cc4ccccc4OCc4ccnc(-c5ccc(CP(O)O)cc5)n4)C(=O)O)c23)ccc(OCCN2CCNCC2)c1Cl. The highest BCUT2D eigenvalue weighted by molar-refractivity contribution is 7.44. The number of aliphatic carboxylic acids is 1. The van der Waals surface area contributed by atoms with E-state index in [0.717, 1.165) is 65.4 Å². The van der Waals surface area contributed by atoms with Gasteiger partial charge in [-0.05, 0) is 65.1 Å². The minimum absolute atomic E-state index is 0.0623. The highest BCUT2D eigenvalue weighted by atomic mass is 35.5. The van der Waals surface area contributed by atoms with Crippen molar-refractivity contribution in [2.24, 2.45) is 0 Å². The summed E-state index contributed by atoms with van der Waals surface area (Å²) in [7, 11) is -2.04. The molecule has 13 nitrogen and oxygen atoms in total. The third-order valence-corrected chi connectivity index (χ3v) is 12.9. The molecule has 324 valence electrons. The zero-order valence-corrected chi connectivity index (χ0v) is 36.5. The Morgan fingerprint density at radius 2 is 1.70 bits per heavy atom. The van der Waals surface area contributed by atoms with Gasteiger partial charge in [-0.15, -0.1) is 11.3 Å². The molecule has 1 fully saturated rings. The zero-order chi connectivity index (χ0) is 43.9. The molecule has 63 heavy (non-hydrogen) atoms. The molecule has 4 N–H and O–H groups in total. The van der Waals surface area contributed by atoms with E-state index < -0.39 is 20.4 Å². The molecule has 8 rings (SSSR count). The molecule has 0 aliphatic carbocycles. The third kappa shape index (κ3) is 10.6. The summed E-state index contributed by atoms with van der Waals surface area (Å²) in [5.74, 6) is -0.0683. The molecule has 1 aliphatic heterocycles. The van der Waals surface area contributed by atoms with Gasteiger partial charge >= 0.3 is 5.97 Å². The van der Waals surface area contributed by atoms with Crippen molar-refractivity contribution in [2.45, 2.75) is 32.2 Å². The molecule has 7 aromatic rings. The number of hydrogen-bond donors (Lipinski definition) is 4. The molecule has 0 bridgehead atoms. The van der Waals surface area contributed by atoms with Gasteiger partial charge in [0.1, 0.15) is 41.7 Å². The smallest absolute Gasteiger partial charge is 0.345 e. The van der Waals surface area contributed by atoms with Crippen LogP contribution in [0.3, 0.4) is 0 Å². The molecule has 1 aliphatic rings. The van der Waals surface area contributed by atoms with Crippen LogP contribution >= 0.6 is 31.3 Å². The van der Waals surface area contributed by atoms with Crippen LogP contribution in [0.2, 0.25) is 5.02 Å². The standard InChI is InChI=1S/C46H43ClFN6O7PS/c1-28-35(14-15-37(41(28)47)59-23-22-54-20-18-49-19-21-54)39-40-44(51-27-52-45(40)63-42(39)30-10-12-33(48)13-11-30)61-38(46(55)56)24-32-4-2-3-5-36(32)60-25-34-16-17-50-43(53-34)31-8-6-29(7-9-31)26-62(57)58/h2-17,27,38,49,57-58H,18-26H2,1H3,(H,55,56). The van der Waals surface area contributed by atoms with Gasteiger partial charge in [0.15, 0.2) is 14.2 Å². The van der Waals surface area contributed by atoms with Gasteiger partial charge in [-0.25, -0.2) is 29.1 Å². The number of benzene rings is 4. The average molecular weight is 909 g/mol. The number of carboxylic acids is 1. The van der Waals surface area contributed by atoms with Crippen LogP contribution in [0.25, 0.3) is 43.2 Å². The van der Waals surface area contributed by atoms with Crippen LogP contribution in [0.1, 0.15) is 22.4 Å². The molecule has 1 unspecified atom stereocenters. The summed E-state index contributed by atoms with van der Waals surface area (Å²) >= 11 is 8.38. The number of para-hydroxylation sites is 1. The Labute approximate surface area is 373 Å². The number of halogens is 2. The van der Waals surface area contributed by atoms with Crippen LogP contribution in [0.5, 0.6) is 17.4 Å². The quantitative estimate of drug-likeness (QED) is 0.0644. The number of hydrogen-bond acceptors (Lipinski definition) is 13. The van der Waals surface area contributed by atoms with Crippen LogP contribution in [0.15, 0.2) is 104 Å². The van der Waals surface area contributed by atoms with E-state index >= 15 is 0 Å². The summed E-state index contributed by atoms with van der Waals surface area (Å²) in [6, 6.07) is 26.0. The van der Waals surface area contributed by atoms with Crippen molar-refractivity contribution < 1.29 is 38.3 Å². The van der Waals surface area contributed by atoms with Gasteiger partial charge < -0.3 is 34.4 Å². The topological polar surface area (TPSA) is 172 Å². The van der Waals surface area contributed by atoms with E-state index in [4.69, 9.17) is 25.8 Å². The Morgan fingerprint density at radius 1 is 0.937 bits per heavy atom. The predicted molar refractivity (Wildman–Crippen MR) is 242 cm³/mol. The first kappa shape index (κ1) is 44.0. The first-order valence-corrected chi connectivity index (χ1v) is 22.8. The lowest BCUT2D eigenvalue weighted by Gasteiger charge is -2.27. The number of nitrogens with one attached hydrogen (secondary N) is 1. The minimum atomic E-state index is -2.04. The van der Waals surface area contributed by atoms with Gasteiger partial charge in [-0.3, -0.25) is 4.90 Å². The molecule has 3 aromatic heterocycles. The van der Waals surface area contributed by atoms with Crippen molar-refractivity contribution in [2.75, 3.05) is 39.3 Å². The molecular weight excluding hydrogens is 866 g/mol. The lowest BCUT2D eigenvalue weighted by molar-refractivity contribution is -0.145. The number of piperazine rings is 1. The molecule has 1 atom stereocenters. The van der Waals surface area contributed by atoms with Gasteiger partial charge in [-0.1, -0.05) is 72.3 Å². The molecule has 0 saturated carbocycles. The average Bonchev–Trinajstić information content (AvgIpc) is 3.68. The van der Waals surface area contributed by atoms with E-state index in [9.17, 15) is 24.1 Å². The van der Waals surface area contributed by atoms with Crippen molar-refractivity contribution in [1.82, 2.24) is 30.2 Å². The molecule has 1 saturated heterocycles.